The third-order valence-electron chi connectivity index (χ3n) is 9.47. The summed E-state index contributed by atoms with van der Waals surface area (Å²) >= 11 is 0. The Morgan fingerprint density at radius 3 is 1.56 bits per heavy atom. The van der Waals surface area contributed by atoms with Crippen LogP contribution < -0.4 is 0 Å². The molecule has 0 aliphatic heterocycles. The van der Waals surface area contributed by atoms with Crippen LogP contribution in [0.25, 0.3) is 88.9 Å². The maximum Gasteiger partial charge on any atom is 0.164 e. The lowest BCUT2D eigenvalue weighted by molar-refractivity contribution is 1.07. The highest BCUT2D eigenvalue weighted by atomic mass is 15.0. The molecule has 0 spiro atoms. The van der Waals surface area contributed by atoms with E-state index in [1.54, 1.807) is 0 Å². The summed E-state index contributed by atoms with van der Waals surface area (Å²) in [5, 5.41) is 5.95. The monoisotopic (exact) mass is 640 g/mol. The first-order chi connectivity index (χ1) is 24.6. The molecule has 0 bridgehead atoms. The van der Waals surface area contributed by atoms with Crippen LogP contribution in [0.2, 0.25) is 0 Å². The molecule has 50 heavy (non-hydrogen) atoms. The Labute approximate surface area is 290 Å². The smallest absolute Gasteiger partial charge is 0.164 e. The van der Waals surface area contributed by atoms with E-state index in [1.165, 1.54) is 32.7 Å². The van der Waals surface area contributed by atoms with Crippen molar-refractivity contribution in [3.8, 4) is 56.4 Å². The van der Waals surface area contributed by atoms with E-state index in [4.69, 9.17) is 19.9 Å². The number of hydrogen-bond donors (Lipinski definition) is 0. The van der Waals surface area contributed by atoms with Gasteiger partial charge < -0.3 is 0 Å². The molecule has 0 saturated carbocycles. The molecule has 0 unspecified atom stereocenters. The van der Waals surface area contributed by atoms with Gasteiger partial charge in [0.2, 0.25) is 0 Å². The van der Waals surface area contributed by atoms with Crippen molar-refractivity contribution in [3.05, 3.63) is 169 Å². The molecule has 0 saturated heterocycles. The molecule has 0 amide bonds. The standard InChI is InChI=1S/C46H32N4/c1-29-16-20-32(21-17-29)44-48-45(33-22-18-30(2)19-23-33)50-46(49-44)37-26-35(39-15-7-10-31-11-8-24-47-43(31)39)25-36(27-37)42-28-34-9-3-4-12-38(34)40-13-5-6-14-41(40)42/h3-28H,1-2H3. The molecule has 0 atom stereocenters. The summed E-state index contributed by atoms with van der Waals surface area (Å²) in [7, 11) is 0. The average molecular weight is 641 g/mol. The van der Waals surface area contributed by atoms with Gasteiger partial charge in [0.15, 0.2) is 17.5 Å². The van der Waals surface area contributed by atoms with Gasteiger partial charge in [0.05, 0.1) is 5.52 Å². The van der Waals surface area contributed by atoms with Gasteiger partial charge in [-0.25, -0.2) is 15.0 Å². The molecule has 0 fully saturated rings. The fourth-order valence-corrected chi connectivity index (χ4v) is 6.87. The SMILES string of the molecule is Cc1ccc(-c2nc(-c3ccc(C)cc3)nc(-c3cc(-c4cc5ccccc5c5ccccc45)cc(-c4cccc5cccnc45)c3)n2)cc1. The summed E-state index contributed by atoms with van der Waals surface area (Å²) in [5.74, 6) is 1.90. The van der Waals surface area contributed by atoms with Crippen LogP contribution in [0, 0.1) is 13.8 Å². The van der Waals surface area contributed by atoms with E-state index in [1.807, 2.05) is 12.3 Å². The molecule has 4 heteroatoms. The molecular weight excluding hydrogens is 609 g/mol. The van der Waals surface area contributed by atoms with Crippen molar-refractivity contribution in [3.63, 3.8) is 0 Å². The second-order valence-corrected chi connectivity index (χ2v) is 12.9. The minimum Gasteiger partial charge on any atom is -0.256 e. The quantitative estimate of drug-likeness (QED) is 0.176. The number of para-hydroxylation sites is 1. The highest BCUT2D eigenvalue weighted by Crippen LogP contribution is 2.40. The van der Waals surface area contributed by atoms with Crippen molar-refractivity contribution in [2.45, 2.75) is 13.8 Å². The first-order valence-electron chi connectivity index (χ1n) is 16.9. The van der Waals surface area contributed by atoms with Crippen LogP contribution in [-0.4, -0.2) is 19.9 Å². The molecule has 2 aromatic heterocycles. The van der Waals surface area contributed by atoms with Crippen LogP contribution in [0.5, 0.6) is 0 Å². The van der Waals surface area contributed by atoms with Gasteiger partial charge in [0.25, 0.3) is 0 Å². The molecule has 0 radical (unpaired) electrons. The third kappa shape index (κ3) is 5.37. The van der Waals surface area contributed by atoms with E-state index in [0.717, 1.165) is 49.8 Å². The summed E-state index contributed by atoms with van der Waals surface area (Å²) in [6, 6.07) is 53.5. The Hall–Kier alpha value is -6.52. The van der Waals surface area contributed by atoms with E-state index in [2.05, 4.69) is 159 Å². The maximum atomic E-state index is 5.15. The zero-order valence-corrected chi connectivity index (χ0v) is 27.8. The number of rotatable bonds is 5. The third-order valence-corrected chi connectivity index (χ3v) is 9.47. The molecule has 4 nitrogen and oxygen atoms in total. The van der Waals surface area contributed by atoms with Crippen molar-refractivity contribution in [2.24, 2.45) is 0 Å². The van der Waals surface area contributed by atoms with Gasteiger partial charge in [-0.3, -0.25) is 4.98 Å². The molecule has 0 aliphatic carbocycles. The molecule has 7 aromatic carbocycles. The fourth-order valence-electron chi connectivity index (χ4n) is 6.87. The Morgan fingerprint density at radius 1 is 0.360 bits per heavy atom. The number of aryl methyl sites for hydroxylation is 2. The number of hydrogen-bond acceptors (Lipinski definition) is 4. The minimum atomic E-state index is 0.618. The Balaban J connectivity index is 1.34. The average Bonchev–Trinajstić information content (AvgIpc) is 3.17. The van der Waals surface area contributed by atoms with Gasteiger partial charge in [-0.15, -0.1) is 0 Å². The number of benzene rings is 7. The molecule has 0 N–H and O–H groups in total. The van der Waals surface area contributed by atoms with Gasteiger partial charge >= 0.3 is 0 Å². The van der Waals surface area contributed by atoms with Gasteiger partial charge in [-0.1, -0.05) is 132 Å². The Kier molecular flexibility index (Phi) is 7.21. The Morgan fingerprint density at radius 2 is 0.880 bits per heavy atom. The predicted octanol–water partition coefficient (Wildman–Crippen LogP) is 11.7. The lowest BCUT2D eigenvalue weighted by atomic mass is 9.90. The zero-order valence-electron chi connectivity index (χ0n) is 27.8. The molecule has 2 heterocycles. The van der Waals surface area contributed by atoms with Crippen LogP contribution in [0.15, 0.2) is 158 Å². The number of pyridine rings is 1. The topological polar surface area (TPSA) is 51.6 Å². The molecule has 9 rings (SSSR count). The first-order valence-corrected chi connectivity index (χ1v) is 16.9. The van der Waals surface area contributed by atoms with Crippen LogP contribution in [0.1, 0.15) is 11.1 Å². The van der Waals surface area contributed by atoms with Crippen LogP contribution in [0.4, 0.5) is 0 Å². The Bertz CT molecular complexity index is 2640. The highest BCUT2D eigenvalue weighted by molar-refractivity contribution is 6.14. The van der Waals surface area contributed by atoms with Gasteiger partial charge in [0.1, 0.15) is 0 Å². The highest BCUT2D eigenvalue weighted by Gasteiger charge is 2.17. The van der Waals surface area contributed by atoms with E-state index in [0.29, 0.717) is 17.5 Å². The summed E-state index contributed by atoms with van der Waals surface area (Å²) in [5.41, 5.74) is 10.5. The van der Waals surface area contributed by atoms with Crippen LogP contribution in [-0.2, 0) is 0 Å². The second kappa shape index (κ2) is 12.2. The second-order valence-electron chi connectivity index (χ2n) is 12.9. The summed E-state index contributed by atoms with van der Waals surface area (Å²) in [6.45, 7) is 4.18. The molecular formula is C46H32N4. The number of fused-ring (bicyclic) bond motifs is 4. The van der Waals surface area contributed by atoms with Crippen molar-refractivity contribution < 1.29 is 0 Å². The van der Waals surface area contributed by atoms with Gasteiger partial charge in [-0.05, 0) is 82.4 Å². The summed E-state index contributed by atoms with van der Waals surface area (Å²) in [4.78, 5) is 20.1. The normalized spacial score (nSPS) is 11.4. The minimum absolute atomic E-state index is 0.618. The van der Waals surface area contributed by atoms with E-state index >= 15 is 0 Å². The fraction of sp³-hybridized carbons (Fsp3) is 0.0435. The molecule has 9 aromatic rings. The van der Waals surface area contributed by atoms with Crippen LogP contribution in [0.3, 0.4) is 0 Å². The summed E-state index contributed by atoms with van der Waals surface area (Å²) < 4.78 is 0. The van der Waals surface area contributed by atoms with Crippen LogP contribution >= 0.6 is 0 Å². The largest absolute Gasteiger partial charge is 0.256 e. The van der Waals surface area contributed by atoms with Crippen molar-refractivity contribution in [1.82, 2.24) is 19.9 Å². The number of aromatic nitrogens is 4. The van der Waals surface area contributed by atoms with Crippen molar-refractivity contribution in [1.29, 1.82) is 0 Å². The van der Waals surface area contributed by atoms with Crippen molar-refractivity contribution in [2.75, 3.05) is 0 Å². The predicted molar refractivity (Wildman–Crippen MR) is 207 cm³/mol. The van der Waals surface area contributed by atoms with Crippen molar-refractivity contribution >= 4 is 32.4 Å². The zero-order chi connectivity index (χ0) is 33.6. The lowest BCUT2D eigenvalue weighted by Gasteiger charge is -2.15. The summed E-state index contributed by atoms with van der Waals surface area (Å²) in [6.07, 6.45) is 1.86. The van der Waals surface area contributed by atoms with E-state index in [-0.39, 0.29) is 0 Å². The molecule has 0 aliphatic rings. The maximum absolute atomic E-state index is 5.15. The lowest BCUT2D eigenvalue weighted by Crippen LogP contribution is -2.01. The van der Waals surface area contributed by atoms with Gasteiger partial charge in [-0.2, -0.15) is 0 Å². The number of nitrogens with zero attached hydrogens (tertiary/aromatic N) is 4. The molecule has 236 valence electrons. The first kappa shape index (κ1) is 29.6. The van der Waals surface area contributed by atoms with E-state index in [9.17, 15) is 0 Å². The van der Waals surface area contributed by atoms with E-state index < -0.39 is 0 Å². The van der Waals surface area contributed by atoms with Gasteiger partial charge in [0, 0.05) is 33.8 Å².